The van der Waals surface area contributed by atoms with Gasteiger partial charge in [0, 0.05) is 16.6 Å². The lowest BCUT2D eigenvalue weighted by molar-refractivity contribution is 0.240. The zero-order valence-electron chi connectivity index (χ0n) is 13.0. The minimum absolute atomic E-state index is 0.429. The second kappa shape index (κ2) is 9.82. The molecular weight excluding hydrogens is 332 g/mol. The molecule has 1 N–H and O–H groups in total. The predicted molar refractivity (Wildman–Crippen MR) is 95.7 cm³/mol. The molecule has 2 atom stereocenters. The molecule has 2 nitrogen and oxygen atoms in total. The number of nitrogens with one attached hydrogen (secondary N) is 1. The van der Waals surface area contributed by atoms with Crippen LogP contribution in [-0.4, -0.2) is 43.6 Å². The fraction of sp³-hybridized carbons (Fsp3) is 0.625. The largest absolute Gasteiger partial charge is 0.313 e. The van der Waals surface area contributed by atoms with Crippen LogP contribution in [0, 0.1) is 0 Å². The van der Waals surface area contributed by atoms with Crippen LogP contribution in [-0.2, 0) is 0 Å². The van der Waals surface area contributed by atoms with Crippen LogP contribution < -0.4 is 5.32 Å². The van der Waals surface area contributed by atoms with Gasteiger partial charge in [0.05, 0.1) is 0 Å². The van der Waals surface area contributed by atoms with Crippen molar-refractivity contribution in [3.63, 3.8) is 0 Å². The highest BCUT2D eigenvalue weighted by atomic mass is 79.9. The molecule has 4 heteroatoms. The van der Waals surface area contributed by atoms with Crippen LogP contribution in [0.2, 0.25) is 0 Å². The van der Waals surface area contributed by atoms with E-state index in [-0.39, 0.29) is 0 Å². The van der Waals surface area contributed by atoms with Crippen molar-refractivity contribution in [1.82, 2.24) is 10.2 Å². The number of rotatable bonds is 9. The average Bonchev–Trinajstić information content (AvgIpc) is 2.46. The van der Waals surface area contributed by atoms with Gasteiger partial charge in [-0.2, -0.15) is 11.8 Å². The minimum Gasteiger partial charge on any atom is -0.313 e. The van der Waals surface area contributed by atoms with Crippen molar-refractivity contribution in [3.8, 4) is 0 Å². The Hall–Kier alpha value is -0.0300. The molecule has 0 saturated carbocycles. The van der Waals surface area contributed by atoms with Crippen molar-refractivity contribution >= 4 is 27.7 Å². The van der Waals surface area contributed by atoms with E-state index < -0.39 is 0 Å². The summed E-state index contributed by atoms with van der Waals surface area (Å²) in [5, 5.41) is 3.43. The van der Waals surface area contributed by atoms with Crippen LogP contribution in [0.1, 0.15) is 31.4 Å². The highest BCUT2D eigenvalue weighted by Crippen LogP contribution is 2.20. The van der Waals surface area contributed by atoms with Crippen molar-refractivity contribution in [3.05, 3.63) is 34.3 Å². The smallest absolute Gasteiger partial charge is 0.0329 e. The highest BCUT2D eigenvalue weighted by molar-refractivity contribution is 9.10. The third-order valence-electron chi connectivity index (χ3n) is 3.88. The Bertz CT molecular complexity index is 369. The van der Waals surface area contributed by atoms with E-state index >= 15 is 0 Å². The summed E-state index contributed by atoms with van der Waals surface area (Å²) in [7, 11) is 4.28. The molecule has 0 spiro atoms. The lowest BCUT2D eigenvalue weighted by Gasteiger charge is -2.27. The molecule has 0 amide bonds. The number of hydrogen-bond acceptors (Lipinski definition) is 3. The van der Waals surface area contributed by atoms with E-state index in [9.17, 15) is 0 Å². The van der Waals surface area contributed by atoms with Crippen LogP contribution in [0.25, 0.3) is 0 Å². The molecule has 20 heavy (non-hydrogen) atoms. The molecule has 0 aliphatic carbocycles. The molecule has 0 aliphatic heterocycles. The van der Waals surface area contributed by atoms with Crippen LogP contribution in [0.15, 0.2) is 28.7 Å². The van der Waals surface area contributed by atoms with Gasteiger partial charge >= 0.3 is 0 Å². The topological polar surface area (TPSA) is 15.3 Å². The summed E-state index contributed by atoms with van der Waals surface area (Å²) >= 11 is 5.42. The summed E-state index contributed by atoms with van der Waals surface area (Å²) in [5.74, 6) is 1.24. The predicted octanol–water partition coefficient (Wildman–Crippen LogP) is 4.17. The summed E-state index contributed by atoms with van der Waals surface area (Å²) in [6, 6.07) is 9.71. The van der Waals surface area contributed by atoms with Crippen molar-refractivity contribution in [2.75, 3.05) is 32.6 Å². The molecule has 1 aromatic rings. The first kappa shape index (κ1) is 18.0. The quantitative estimate of drug-likeness (QED) is 0.712. The Morgan fingerprint density at radius 1 is 1.25 bits per heavy atom. The lowest BCUT2D eigenvalue weighted by atomic mass is 10.0. The normalized spacial score (nSPS) is 14.5. The Kier molecular flexibility index (Phi) is 8.85. The van der Waals surface area contributed by atoms with E-state index in [2.05, 4.69) is 70.6 Å². The first-order valence-corrected chi connectivity index (χ1v) is 9.39. The van der Waals surface area contributed by atoms with E-state index in [1.807, 2.05) is 18.8 Å². The van der Waals surface area contributed by atoms with Crippen LogP contribution in [0.3, 0.4) is 0 Å². The molecule has 0 heterocycles. The summed E-state index contributed by atoms with van der Waals surface area (Å²) in [5.41, 5.74) is 1.36. The molecular formula is C16H27BrN2S. The second-order valence-corrected chi connectivity index (χ2v) is 7.19. The summed E-state index contributed by atoms with van der Waals surface area (Å²) in [6.45, 7) is 3.45. The zero-order chi connectivity index (χ0) is 15.0. The van der Waals surface area contributed by atoms with Crippen molar-refractivity contribution in [1.29, 1.82) is 0 Å². The van der Waals surface area contributed by atoms with E-state index in [0.29, 0.717) is 12.1 Å². The maximum Gasteiger partial charge on any atom is 0.0329 e. The van der Waals surface area contributed by atoms with E-state index in [1.165, 1.54) is 17.7 Å². The SMILES string of the molecule is CNC(CCN(C)C(C)CCSC)c1ccc(Br)cc1. The average molecular weight is 359 g/mol. The van der Waals surface area contributed by atoms with Gasteiger partial charge in [0.15, 0.2) is 0 Å². The van der Waals surface area contributed by atoms with Crippen molar-refractivity contribution in [2.45, 2.75) is 31.8 Å². The molecule has 114 valence electrons. The van der Waals surface area contributed by atoms with E-state index in [0.717, 1.165) is 17.4 Å². The molecule has 0 saturated heterocycles. The van der Waals surface area contributed by atoms with Gasteiger partial charge in [-0.15, -0.1) is 0 Å². The van der Waals surface area contributed by atoms with Crippen molar-refractivity contribution < 1.29 is 0 Å². The summed E-state index contributed by atoms with van der Waals surface area (Å²) < 4.78 is 1.14. The molecule has 1 aromatic carbocycles. The third kappa shape index (κ3) is 6.17. The van der Waals surface area contributed by atoms with Gasteiger partial charge < -0.3 is 10.2 Å². The van der Waals surface area contributed by atoms with Gasteiger partial charge in [0.1, 0.15) is 0 Å². The van der Waals surface area contributed by atoms with E-state index in [1.54, 1.807) is 0 Å². The Morgan fingerprint density at radius 2 is 1.90 bits per heavy atom. The number of nitrogens with zero attached hydrogens (tertiary/aromatic N) is 1. The van der Waals surface area contributed by atoms with Crippen molar-refractivity contribution in [2.24, 2.45) is 0 Å². The molecule has 0 fully saturated rings. The number of thioether (sulfide) groups is 1. The highest BCUT2D eigenvalue weighted by Gasteiger charge is 2.13. The van der Waals surface area contributed by atoms with Gasteiger partial charge in [0.25, 0.3) is 0 Å². The molecule has 2 unspecified atom stereocenters. The molecule has 0 radical (unpaired) electrons. The first-order chi connectivity index (χ1) is 9.58. The van der Waals surface area contributed by atoms with Crippen LogP contribution >= 0.6 is 27.7 Å². The number of halogens is 1. The zero-order valence-corrected chi connectivity index (χ0v) is 15.4. The van der Waals surface area contributed by atoms with Crippen LogP contribution in [0.5, 0.6) is 0 Å². The monoisotopic (exact) mass is 358 g/mol. The fourth-order valence-electron chi connectivity index (χ4n) is 2.23. The molecule has 1 rings (SSSR count). The summed E-state index contributed by atoms with van der Waals surface area (Å²) in [6.07, 6.45) is 4.58. The van der Waals surface area contributed by atoms with Gasteiger partial charge in [-0.25, -0.2) is 0 Å². The maximum absolute atomic E-state index is 3.49. The number of hydrogen-bond donors (Lipinski definition) is 1. The second-order valence-electron chi connectivity index (χ2n) is 5.29. The first-order valence-electron chi connectivity index (χ1n) is 7.20. The Morgan fingerprint density at radius 3 is 2.45 bits per heavy atom. The molecule has 0 aromatic heterocycles. The van der Waals surface area contributed by atoms with Crippen LogP contribution in [0.4, 0.5) is 0 Å². The lowest BCUT2D eigenvalue weighted by Crippen LogP contribution is -2.32. The van der Waals surface area contributed by atoms with E-state index in [4.69, 9.17) is 0 Å². The molecule has 0 aliphatic rings. The Balaban J connectivity index is 2.46. The standard InChI is InChI=1S/C16H27BrN2S/c1-13(10-12-20-4)19(3)11-9-16(18-2)14-5-7-15(17)8-6-14/h5-8,13,16,18H,9-12H2,1-4H3. The fourth-order valence-corrected chi connectivity index (χ4v) is 3.08. The van der Waals surface area contributed by atoms with Gasteiger partial charge in [-0.1, -0.05) is 28.1 Å². The minimum atomic E-state index is 0.429. The molecule has 0 bridgehead atoms. The maximum atomic E-state index is 3.49. The third-order valence-corrected chi connectivity index (χ3v) is 5.06. The summed E-state index contributed by atoms with van der Waals surface area (Å²) in [4.78, 5) is 2.47. The van der Waals surface area contributed by atoms with Gasteiger partial charge in [0.2, 0.25) is 0 Å². The Labute approximate surface area is 136 Å². The number of benzene rings is 1. The van der Waals surface area contributed by atoms with Gasteiger partial charge in [-0.05, 0) is 70.1 Å². The van der Waals surface area contributed by atoms with Gasteiger partial charge in [-0.3, -0.25) is 0 Å².